The fraction of sp³-hybridized carbons (Fsp3) is 0.310. The Morgan fingerprint density at radius 2 is 1.68 bits per heavy atom. The third-order valence-electron chi connectivity index (χ3n) is 7.11. The minimum atomic E-state index is -3.93. The number of hydrogen-bond acceptors (Lipinski definition) is 7. The Balaban J connectivity index is 1.06. The Morgan fingerprint density at radius 3 is 2.40 bits per heavy atom. The summed E-state index contributed by atoms with van der Waals surface area (Å²) in [5.74, 6) is 0.665. The summed E-state index contributed by atoms with van der Waals surface area (Å²) in [6.45, 7) is 0.466. The van der Waals surface area contributed by atoms with E-state index in [-0.39, 0.29) is 35.6 Å². The molecule has 0 bridgehead atoms. The molecule has 1 aromatic heterocycles. The van der Waals surface area contributed by atoms with Crippen molar-refractivity contribution in [3.63, 3.8) is 0 Å². The van der Waals surface area contributed by atoms with Crippen LogP contribution >= 0.6 is 0 Å². The highest BCUT2D eigenvalue weighted by Gasteiger charge is 2.53. The number of nitrogens with one attached hydrogen (secondary N) is 1. The largest absolute Gasteiger partial charge is 0.457 e. The summed E-state index contributed by atoms with van der Waals surface area (Å²) < 4.78 is 33.0. The number of amides is 2. The molecule has 2 unspecified atom stereocenters. The zero-order chi connectivity index (χ0) is 28.1. The summed E-state index contributed by atoms with van der Waals surface area (Å²) in [6.07, 6.45) is 3.13. The highest BCUT2D eigenvalue weighted by atomic mass is 32.2. The first kappa shape index (κ1) is 27.5. The minimum Gasteiger partial charge on any atom is -0.457 e. The van der Waals surface area contributed by atoms with Gasteiger partial charge in [0.2, 0.25) is 5.91 Å². The molecule has 11 heteroatoms. The van der Waals surface area contributed by atoms with Crippen molar-refractivity contribution < 1.29 is 27.5 Å². The first-order chi connectivity index (χ1) is 19.3. The van der Waals surface area contributed by atoms with Gasteiger partial charge in [0, 0.05) is 31.3 Å². The Hall–Kier alpha value is -4.09. The molecule has 40 heavy (non-hydrogen) atoms. The van der Waals surface area contributed by atoms with Crippen molar-refractivity contribution in [2.75, 3.05) is 19.6 Å². The molecule has 3 heterocycles. The number of likely N-dealkylation sites (tertiary alicyclic amines) is 1. The van der Waals surface area contributed by atoms with Crippen molar-refractivity contribution in [2.24, 2.45) is 0 Å². The van der Waals surface area contributed by atoms with Crippen molar-refractivity contribution in [1.82, 2.24) is 19.5 Å². The standard InChI is InChI=1S/C29H30N4O6S/c34-25-20-33(40(37,38)26-10-4-6-17-30-26)24-16-19-32(28(24)25)27(35)11-5-7-18-31-29(36)21-12-14-23(15-13-21)39-22-8-2-1-3-9-22/h1-4,6,8-10,12-15,17,24,28H,5,7,11,16,18-20H2,(H,31,36). The number of benzene rings is 2. The van der Waals surface area contributed by atoms with Crippen molar-refractivity contribution >= 4 is 27.6 Å². The zero-order valence-electron chi connectivity index (χ0n) is 21.8. The van der Waals surface area contributed by atoms with Crippen LogP contribution < -0.4 is 10.1 Å². The number of nitrogens with zero attached hydrogens (tertiary/aromatic N) is 3. The maximum absolute atomic E-state index is 13.1. The number of pyridine rings is 1. The van der Waals surface area contributed by atoms with Gasteiger partial charge in [-0.2, -0.15) is 4.31 Å². The van der Waals surface area contributed by atoms with Crippen LogP contribution in [0.25, 0.3) is 0 Å². The number of fused-ring (bicyclic) bond motifs is 1. The van der Waals surface area contributed by atoms with E-state index >= 15 is 0 Å². The molecule has 2 saturated heterocycles. The summed E-state index contributed by atoms with van der Waals surface area (Å²) in [6, 6.07) is 19.5. The molecule has 2 amide bonds. The second kappa shape index (κ2) is 12.0. The van der Waals surface area contributed by atoms with Crippen molar-refractivity contribution in [1.29, 1.82) is 0 Å². The molecule has 10 nitrogen and oxygen atoms in total. The third kappa shape index (κ3) is 5.90. The summed E-state index contributed by atoms with van der Waals surface area (Å²) in [7, 11) is -3.93. The molecule has 3 aromatic rings. The molecule has 208 valence electrons. The van der Waals surface area contributed by atoms with Gasteiger partial charge in [0.15, 0.2) is 10.8 Å². The maximum atomic E-state index is 13.1. The summed E-state index contributed by atoms with van der Waals surface area (Å²) in [5.41, 5.74) is 0.504. The van der Waals surface area contributed by atoms with Gasteiger partial charge in [-0.15, -0.1) is 0 Å². The van der Waals surface area contributed by atoms with Crippen LogP contribution in [-0.2, 0) is 19.6 Å². The smallest absolute Gasteiger partial charge is 0.261 e. The number of carbonyl (C=O) groups excluding carboxylic acids is 3. The average Bonchev–Trinajstić information content (AvgIpc) is 3.55. The Labute approximate surface area is 233 Å². The Bertz CT molecular complexity index is 1470. The molecule has 0 saturated carbocycles. The van der Waals surface area contributed by atoms with Crippen molar-refractivity contribution in [2.45, 2.75) is 42.8 Å². The number of unbranched alkanes of at least 4 members (excludes halogenated alkanes) is 1. The van der Waals surface area contributed by atoms with Crippen LogP contribution in [0.4, 0.5) is 0 Å². The van der Waals surface area contributed by atoms with E-state index in [2.05, 4.69) is 10.3 Å². The number of sulfonamides is 1. The fourth-order valence-electron chi connectivity index (χ4n) is 5.14. The van der Waals surface area contributed by atoms with Crippen LogP contribution in [-0.4, -0.2) is 71.9 Å². The average molecular weight is 563 g/mol. The number of carbonyl (C=O) groups is 3. The van der Waals surface area contributed by atoms with E-state index in [1.165, 1.54) is 21.5 Å². The van der Waals surface area contributed by atoms with E-state index < -0.39 is 22.1 Å². The van der Waals surface area contributed by atoms with E-state index in [0.29, 0.717) is 49.4 Å². The van der Waals surface area contributed by atoms with Crippen LogP contribution in [0.3, 0.4) is 0 Å². The highest BCUT2D eigenvalue weighted by Crippen LogP contribution is 2.34. The summed E-state index contributed by atoms with van der Waals surface area (Å²) >= 11 is 0. The van der Waals surface area contributed by atoms with Crippen LogP contribution in [0.15, 0.2) is 84.0 Å². The number of ether oxygens (including phenoxy) is 1. The van der Waals surface area contributed by atoms with E-state index in [9.17, 15) is 22.8 Å². The SMILES string of the molecule is O=C(NCCCCC(=O)N1CCC2C1C(=O)CN2S(=O)(=O)c1ccccn1)c1ccc(Oc2ccccc2)cc1. The third-order valence-corrected chi connectivity index (χ3v) is 8.89. The lowest BCUT2D eigenvalue weighted by Crippen LogP contribution is -2.43. The highest BCUT2D eigenvalue weighted by molar-refractivity contribution is 7.89. The number of aromatic nitrogens is 1. The van der Waals surface area contributed by atoms with Crippen LogP contribution in [0.2, 0.25) is 0 Å². The monoisotopic (exact) mass is 562 g/mol. The number of para-hydroxylation sites is 1. The van der Waals surface area contributed by atoms with Crippen molar-refractivity contribution in [3.05, 3.63) is 84.6 Å². The van der Waals surface area contributed by atoms with Gasteiger partial charge in [0.25, 0.3) is 15.9 Å². The van der Waals surface area contributed by atoms with E-state index in [0.717, 1.165) is 0 Å². The van der Waals surface area contributed by atoms with E-state index in [1.54, 1.807) is 36.4 Å². The second-order valence-corrected chi connectivity index (χ2v) is 11.6. The van der Waals surface area contributed by atoms with Gasteiger partial charge in [0.1, 0.15) is 17.5 Å². The van der Waals surface area contributed by atoms with E-state index in [1.807, 2.05) is 30.3 Å². The van der Waals surface area contributed by atoms with Crippen LogP contribution in [0.5, 0.6) is 11.5 Å². The van der Waals surface area contributed by atoms with Crippen LogP contribution in [0, 0.1) is 0 Å². The predicted molar refractivity (Wildman–Crippen MR) is 146 cm³/mol. The Kier molecular flexibility index (Phi) is 8.22. The van der Waals surface area contributed by atoms with Crippen molar-refractivity contribution in [3.8, 4) is 11.5 Å². The fourth-order valence-corrected chi connectivity index (χ4v) is 6.70. The summed E-state index contributed by atoms with van der Waals surface area (Å²) in [4.78, 5) is 43.6. The second-order valence-electron chi connectivity index (χ2n) is 9.73. The molecule has 2 fully saturated rings. The van der Waals surface area contributed by atoms with Crippen LogP contribution in [0.1, 0.15) is 36.0 Å². The first-order valence-electron chi connectivity index (χ1n) is 13.2. The Morgan fingerprint density at radius 1 is 0.950 bits per heavy atom. The number of rotatable bonds is 10. The zero-order valence-corrected chi connectivity index (χ0v) is 22.6. The molecule has 2 aliphatic heterocycles. The first-order valence-corrected chi connectivity index (χ1v) is 14.6. The number of Topliss-reactive ketones (excluding diaryl/α,β-unsaturated/α-hetero) is 1. The molecule has 2 atom stereocenters. The predicted octanol–water partition coefficient (Wildman–Crippen LogP) is 3.02. The van der Waals surface area contributed by atoms with Gasteiger partial charge in [-0.3, -0.25) is 14.4 Å². The lowest BCUT2D eigenvalue weighted by atomic mass is 10.1. The van der Waals surface area contributed by atoms with Gasteiger partial charge in [-0.25, -0.2) is 13.4 Å². The molecule has 2 aliphatic rings. The molecule has 0 aliphatic carbocycles. The quantitative estimate of drug-likeness (QED) is 0.377. The molecule has 5 rings (SSSR count). The number of ketones is 1. The van der Waals surface area contributed by atoms with Gasteiger partial charge in [-0.1, -0.05) is 24.3 Å². The molecular formula is C29H30N4O6S. The molecule has 0 radical (unpaired) electrons. The van der Waals surface area contributed by atoms with Gasteiger partial charge < -0.3 is 15.0 Å². The number of hydrogen-bond donors (Lipinski definition) is 1. The topological polar surface area (TPSA) is 126 Å². The summed E-state index contributed by atoms with van der Waals surface area (Å²) in [5, 5.41) is 2.75. The molecule has 0 spiro atoms. The van der Waals surface area contributed by atoms with Gasteiger partial charge >= 0.3 is 0 Å². The lowest BCUT2D eigenvalue weighted by Gasteiger charge is -2.24. The maximum Gasteiger partial charge on any atom is 0.261 e. The molecular weight excluding hydrogens is 532 g/mol. The van der Waals surface area contributed by atoms with Gasteiger partial charge in [-0.05, 0) is 67.8 Å². The molecule has 2 aromatic carbocycles. The minimum absolute atomic E-state index is 0.105. The molecule has 1 N–H and O–H groups in total. The van der Waals surface area contributed by atoms with Gasteiger partial charge in [0.05, 0.1) is 12.6 Å². The normalized spacial score (nSPS) is 18.9. The van der Waals surface area contributed by atoms with E-state index in [4.69, 9.17) is 4.74 Å². The lowest BCUT2D eigenvalue weighted by molar-refractivity contribution is -0.136.